The third-order valence-corrected chi connectivity index (χ3v) is 5.78. The number of rotatable bonds is 4. The van der Waals surface area contributed by atoms with Gasteiger partial charge < -0.3 is 19.0 Å². The van der Waals surface area contributed by atoms with Crippen molar-refractivity contribution in [2.24, 2.45) is 0 Å². The number of aromatic amines is 1. The van der Waals surface area contributed by atoms with Crippen LogP contribution in [0.4, 0.5) is 0 Å². The number of carbonyl (C=O) groups excluding carboxylic acids is 1. The zero-order valence-electron chi connectivity index (χ0n) is 15.2. The molecule has 134 valence electrons. The van der Waals surface area contributed by atoms with Gasteiger partial charge in [-0.05, 0) is 51.5 Å². The lowest BCUT2D eigenvalue weighted by Gasteiger charge is -2.32. The predicted octanol–water partition coefficient (Wildman–Crippen LogP) is 4.21. The van der Waals surface area contributed by atoms with Gasteiger partial charge in [-0.15, -0.1) is 0 Å². The average Bonchev–Trinajstić information content (AvgIpc) is 3.02. The molecule has 5 nitrogen and oxygen atoms in total. The van der Waals surface area contributed by atoms with Gasteiger partial charge in [0.25, 0.3) is 0 Å². The van der Waals surface area contributed by atoms with Crippen molar-refractivity contribution in [3.05, 3.63) is 34.4 Å². The Balaban J connectivity index is 2.03. The third-order valence-electron chi connectivity index (χ3n) is 5.29. The molecule has 1 unspecified atom stereocenters. The number of carbonyl (C=O) groups is 1. The van der Waals surface area contributed by atoms with Gasteiger partial charge in [-0.2, -0.15) is 0 Å². The van der Waals surface area contributed by atoms with E-state index in [9.17, 15) is 4.79 Å². The minimum atomic E-state index is -0.526. The van der Waals surface area contributed by atoms with E-state index >= 15 is 0 Å². The first-order valence-corrected chi connectivity index (χ1v) is 9.13. The molecule has 2 aromatic rings. The second-order valence-corrected chi connectivity index (χ2v) is 8.36. The van der Waals surface area contributed by atoms with Crippen LogP contribution in [0.1, 0.15) is 45.5 Å². The van der Waals surface area contributed by atoms with Gasteiger partial charge in [-0.3, -0.25) is 4.79 Å². The van der Waals surface area contributed by atoms with Crippen LogP contribution in [0.15, 0.2) is 28.9 Å². The number of H-pyrrole nitrogens is 1. The number of aromatic nitrogens is 1. The highest BCUT2D eigenvalue weighted by molar-refractivity contribution is 9.10. The monoisotopic (exact) mass is 407 g/mol. The fourth-order valence-corrected chi connectivity index (χ4v) is 3.45. The average molecular weight is 408 g/mol. The maximum Gasteiger partial charge on any atom is 0.466 e. The molecule has 1 atom stereocenters. The van der Waals surface area contributed by atoms with E-state index in [1.807, 2.05) is 52.1 Å². The van der Waals surface area contributed by atoms with E-state index in [1.54, 1.807) is 0 Å². The minimum absolute atomic E-state index is 0.187. The Morgan fingerprint density at radius 2 is 1.92 bits per heavy atom. The number of fused-ring (bicyclic) bond motifs is 1. The van der Waals surface area contributed by atoms with Gasteiger partial charge in [0, 0.05) is 27.4 Å². The summed E-state index contributed by atoms with van der Waals surface area (Å²) in [5, 5.41) is 1.04. The molecular weight excluding hydrogens is 385 g/mol. The molecule has 2 heterocycles. The third kappa shape index (κ3) is 3.37. The minimum Gasteiger partial charge on any atom is -0.469 e. The van der Waals surface area contributed by atoms with Crippen molar-refractivity contribution in [2.75, 3.05) is 7.11 Å². The molecule has 0 saturated carbocycles. The van der Waals surface area contributed by atoms with Crippen LogP contribution in [0.5, 0.6) is 0 Å². The van der Waals surface area contributed by atoms with Crippen LogP contribution >= 0.6 is 15.9 Å². The lowest BCUT2D eigenvalue weighted by Crippen LogP contribution is -2.41. The second kappa shape index (κ2) is 6.45. The van der Waals surface area contributed by atoms with Crippen LogP contribution in [0.3, 0.4) is 0 Å². The Morgan fingerprint density at radius 1 is 1.28 bits per heavy atom. The number of nitrogens with one attached hydrogen (secondary N) is 1. The number of benzene rings is 1. The zero-order valence-corrected chi connectivity index (χ0v) is 16.8. The van der Waals surface area contributed by atoms with Crippen LogP contribution in [0, 0.1) is 0 Å². The molecule has 0 spiro atoms. The van der Waals surface area contributed by atoms with Crippen LogP contribution < -0.4 is 0 Å². The summed E-state index contributed by atoms with van der Waals surface area (Å²) in [5.74, 6) is -0.555. The van der Waals surface area contributed by atoms with Crippen LogP contribution in [0.25, 0.3) is 10.9 Å². The normalized spacial score (nSPS) is 20.0. The van der Waals surface area contributed by atoms with Gasteiger partial charge in [0.05, 0.1) is 24.7 Å². The Labute approximate surface area is 156 Å². The lowest BCUT2D eigenvalue weighted by molar-refractivity contribution is -0.140. The van der Waals surface area contributed by atoms with E-state index in [-0.39, 0.29) is 18.2 Å². The van der Waals surface area contributed by atoms with Crippen molar-refractivity contribution in [1.29, 1.82) is 0 Å². The fraction of sp³-hybridized carbons (Fsp3) is 0.500. The van der Waals surface area contributed by atoms with E-state index in [0.29, 0.717) is 0 Å². The second-order valence-electron chi connectivity index (χ2n) is 7.45. The number of esters is 1. The summed E-state index contributed by atoms with van der Waals surface area (Å²) in [6, 6.07) is 6.02. The van der Waals surface area contributed by atoms with Gasteiger partial charge in [0.2, 0.25) is 0 Å². The largest absolute Gasteiger partial charge is 0.469 e. The first kappa shape index (κ1) is 18.5. The Hall–Kier alpha value is -1.31. The Bertz CT molecular complexity index is 785. The summed E-state index contributed by atoms with van der Waals surface area (Å²) < 4.78 is 18.3. The summed E-state index contributed by atoms with van der Waals surface area (Å²) in [4.78, 5) is 15.3. The van der Waals surface area contributed by atoms with E-state index < -0.39 is 18.3 Å². The molecule has 7 heteroatoms. The molecule has 1 fully saturated rings. The molecular formula is C18H23BBrNO4. The molecule has 1 saturated heterocycles. The molecule has 1 aromatic carbocycles. The van der Waals surface area contributed by atoms with Crippen molar-refractivity contribution in [3.8, 4) is 0 Å². The number of hydrogen-bond donors (Lipinski definition) is 1. The SMILES string of the molecule is COC(=O)CC(B1OC(C)(C)C(C)(C)O1)c1c[nH]c2ccc(Br)cc12. The summed E-state index contributed by atoms with van der Waals surface area (Å²) in [7, 11) is 0.872. The molecule has 3 rings (SSSR count). The number of hydrogen-bond acceptors (Lipinski definition) is 4. The zero-order chi connectivity index (χ0) is 18.4. The summed E-state index contributed by atoms with van der Waals surface area (Å²) >= 11 is 3.52. The van der Waals surface area contributed by atoms with Crippen molar-refractivity contribution in [1.82, 2.24) is 4.98 Å². The van der Waals surface area contributed by atoms with Gasteiger partial charge in [0.15, 0.2) is 0 Å². The van der Waals surface area contributed by atoms with E-state index in [4.69, 9.17) is 14.0 Å². The highest BCUT2D eigenvalue weighted by atomic mass is 79.9. The Morgan fingerprint density at radius 3 is 2.52 bits per heavy atom. The van der Waals surface area contributed by atoms with Gasteiger partial charge in [0.1, 0.15) is 0 Å². The highest BCUT2D eigenvalue weighted by Crippen LogP contribution is 2.43. The van der Waals surface area contributed by atoms with Crippen molar-refractivity contribution < 1.29 is 18.8 Å². The smallest absolute Gasteiger partial charge is 0.466 e. The summed E-state index contributed by atoms with van der Waals surface area (Å²) in [5.41, 5.74) is 1.07. The van der Waals surface area contributed by atoms with Crippen LogP contribution in [-0.4, -0.2) is 36.4 Å². The van der Waals surface area contributed by atoms with Crippen LogP contribution in [-0.2, 0) is 18.8 Å². The van der Waals surface area contributed by atoms with Crippen molar-refractivity contribution in [3.63, 3.8) is 0 Å². The van der Waals surface area contributed by atoms with Crippen molar-refractivity contribution in [2.45, 2.75) is 51.1 Å². The summed E-state index contributed by atoms with van der Waals surface area (Å²) in [6.45, 7) is 8.03. The van der Waals surface area contributed by atoms with Crippen molar-refractivity contribution >= 4 is 39.9 Å². The van der Waals surface area contributed by atoms with Gasteiger partial charge >= 0.3 is 13.1 Å². The fourth-order valence-electron chi connectivity index (χ4n) is 3.09. The van der Waals surface area contributed by atoms with Crippen LogP contribution in [0.2, 0.25) is 0 Å². The predicted molar refractivity (Wildman–Crippen MR) is 101 cm³/mol. The standard InChI is InChI=1S/C18H23BBrNO4/c1-17(2)18(3,4)25-19(24-17)14(9-16(22)23-5)13-10-21-15-7-6-11(20)8-12(13)15/h6-8,10,14,21H,9H2,1-5H3. The maximum atomic E-state index is 12.0. The Kier molecular flexibility index (Phi) is 4.77. The van der Waals surface area contributed by atoms with E-state index in [2.05, 4.69) is 20.9 Å². The lowest BCUT2D eigenvalue weighted by atomic mass is 9.66. The molecule has 0 aliphatic carbocycles. The molecule has 25 heavy (non-hydrogen) atoms. The summed E-state index contributed by atoms with van der Waals surface area (Å²) in [6.07, 6.45) is 2.11. The molecule has 0 radical (unpaired) electrons. The highest BCUT2D eigenvalue weighted by Gasteiger charge is 2.54. The number of ether oxygens (including phenoxy) is 1. The maximum absolute atomic E-state index is 12.0. The molecule has 0 bridgehead atoms. The van der Waals surface area contributed by atoms with Gasteiger partial charge in [-0.1, -0.05) is 15.9 Å². The molecule has 1 aliphatic rings. The van der Waals surface area contributed by atoms with E-state index in [1.165, 1.54) is 7.11 Å². The number of halogens is 1. The first-order valence-electron chi connectivity index (χ1n) is 8.33. The quantitative estimate of drug-likeness (QED) is 0.609. The van der Waals surface area contributed by atoms with E-state index in [0.717, 1.165) is 20.9 Å². The molecule has 0 amide bonds. The molecule has 1 aromatic heterocycles. The van der Waals surface area contributed by atoms with Gasteiger partial charge in [-0.25, -0.2) is 0 Å². The molecule has 1 N–H and O–H groups in total. The molecule has 1 aliphatic heterocycles. The first-order chi connectivity index (χ1) is 11.6. The number of methoxy groups -OCH3 is 1. The topological polar surface area (TPSA) is 60.6 Å².